The number of nitrogens with zero attached hydrogens (tertiary/aromatic N) is 1. The van der Waals surface area contributed by atoms with Gasteiger partial charge in [0.1, 0.15) is 0 Å². The quantitative estimate of drug-likeness (QED) is 0.685. The van der Waals surface area contributed by atoms with Gasteiger partial charge in [0.05, 0.1) is 0 Å². The molecular formula is C22H21F2NO. The minimum Gasteiger partial charge on any atom is -0.339 e. The van der Waals surface area contributed by atoms with Crippen molar-refractivity contribution in [3.63, 3.8) is 0 Å². The van der Waals surface area contributed by atoms with Gasteiger partial charge in [0.25, 0.3) is 5.91 Å². The molecule has 0 atom stereocenters. The molecule has 1 saturated heterocycles. The molecule has 26 heavy (non-hydrogen) atoms. The Kier molecular flexibility index (Phi) is 5.08. The zero-order valence-electron chi connectivity index (χ0n) is 15.0. The van der Waals surface area contributed by atoms with Crippen LogP contribution in [0.3, 0.4) is 0 Å². The molecule has 0 aromatic heterocycles. The van der Waals surface area contributed by atoms with Crippen LogP contribution >= 0.6 is 0 Å². The van der Waals surface area contributed by atoms with Gasteiger partial charge in [0.2, 0.25) is 0 Å². The van der Waals surface area contributed by atoms with E-state index in [1.165, 1.54) is 6.07 Å². The van der Waals surface area contributed by atoms with Crippen LogP contribution in [0.15, 0.2) is 42.5 Å². The van der Waals surface area contributed by atoms with E-state index in [0.717, 1.165) is 38.1 Å². The Bertz CT molecular complexity index is 865. The molecule has 4 heteroatoms. The summed E-state index contributed by atoms with van der Waals surface area (Å²) < 4.78 is 26.1. The van der Waals surface area contributed by atoms with Crippen molar-refractivity contribution in [1.29, 1.82) is 0 Å². The molecule has 0 saturated carbocycles. The number of carbonyl (C=O) groups excluding carboxylic acids is 1. The van der Waals surface area contributed by atoms with Gasteiger partial charge < -0.3 is 4.90 Å². The molecule has 1 aliphatic heterocycles. The van der Waals surface area contributed by atoms with Crippen molar-refractivity contribution in [2.45, 2.75) is 26.7 Å². The van der Waals surface area contributed by atoms with Crippen LogP contribution in [0.5, 0.6) is 0 Å². The summed E-state index contributed by atoms with van der Waals surface area (Å²) in [4.78, 5) is 14.5. The van der Waals surface area contributed by atoms with Crippen molar-refractivity contribution in [2.75, 3.05) is 13.1 Å². The molecule has 3 rings (SSSR count). The normalized spacial score (nSPS) is 15.9. The first-order valence-electron chi connectivity index (χ1n) is 8.70. The highest BCUT2D eigenvalue weighted by atomic mass is 19.2. The van der Waals surface area contributed by atoms with Crippen LogP contribution in [0, 0.1) is 28.9 Å². The molecule has 1 aliphatic rings. The van der Waals surface area contributed by atoms with Crippen LogP contribution in [-0.4, -0.2) is 23.9 Å². The van der Waals surface area contributed by atoms with E-state index in [1.807, 2.05) is 4.90 Å². The third-order valence-corrected chi connectivity index (χ3v) is 4.81. The summed E-state index contributed by atoms with van der Waals surface area (Å²) in [6.07, 6.45) is 2.02. The summed E-state index contributed by atoms with van der Waals surface area (Å²) in [5, 5.41) is 0. The maximum atomic E-state index is 13.2. The Morgan fingerprint density at radius 2 is 1.50 bits per heavy atom. The third-order valence-electron chi connectivity index (χ3n) is 4.81. The van der Waals surface area contributed by atoms with Crippen molar-refractivity contribution >= 4 is 5.91 Å². The monoisotopic (exact) mass is 353 g/mol. The van der Waals surface area contributed by atoms with Crippen LogP contribution in [0.25, 0.3) is 0 Å². The number of hydrogen-bond donors (Lipinski definition) is 0. The van der Waals surface area contributed by atoms with Crippen molar-refractivity contribution in [1.82, 2.24) is 4.90 Å². The molecule has 0 radical (unpaired) electrons. The first-order chi connectivity index (χ1) is 12.3. The van der Waals surface area contributed by atoms with Gasteiger partial charge in [-0.3, -0.25) is 4.79 Å². The van der Waals surface area contributed by atoms with E-state index in [2.05, 4.69) is 25.7 Å². The second-order valence-corrected chi connectivity index (χ2v) is 7.41. The third kappa shape index (κ3) is 4.29. The lowest BCUT2D eigenvalue weighted by Gasteiger charge is -2.36. The van der Waals surface area contributed by atoms with Crippen LogP contribution in [0.1, 0.15) is 48.2 Å². The van der Waals surface area contributed by atoms with Crippen molar-refractivity contribution in [2.24, 2.45) is 5.41 Å². The number of carbonyl (C=O) groups is 1. The van der Waals surface area contributed by atoms with Gasteiger partial charge in [0, 0.05) is 29.8 Å². The zero-order valence-corrected chi connectivity index (χ0v) is 15.0. The standard InChI is InChI=1S/C22H21F2NO/c1-22(2)11-13-25(14-12-22)21(26)18-8-5-16(6-9-18)3-4-17-7-10-19(23)20(24)15-17/h5-10,15H,11-14H2,1-2H3. The topological polar surface area (TPSA) is 20.3 Å². The van der Waals surface area contributed by atoms with Crippen LogP contribution < -0.4 is 0 Å². The van der Waals surface area contributed by atoms with Gasteiger partial charge in [-0.2, -0.15) is 0 Å². The molecule has 0 unspecified atom stereocenters. The lowest BCUT2D eigenvalue weighted by Crippen LogP contribution is -2.41. The lowest BCUT2D eigenvalue weighted by atomic mass is 9.82. The highest BCUT2D eigenvalue weighted by molar-refractivity contribution is 5.94. The largest absolute Gasteiger partial charge is 0.339 e. The van der Waals surface area contributed by atoms with Gasteiger partial charge in [-0.15, -0.1) is 0 Å². The van der Waals surface area contributed by atoms with Gasteiger partial charge in [0.15, 0.2) is 11.6 Å². The number of hydrogen-bond acceptors (Lipinski definition) is 1. The van der Waals surface area contributed by atoms with Crippen molar-refractivity contribution in [3.8, 4) is 11.8 Å². The molecule has 2 aromatic carbocycles. The van der Waals surface area contributed by atoms with Gasteiger partial charge >= 0.3 is 0 Å². The molecule has 2 nitrogen and oxygen atoms in total. The molecule has 2 aromatic rings. The minimum absolute atomic E-state index is 0.0422. The molecule has 1 fully saturated rings. The van der Waals surface area contributed by atoms with E-state index in [1.54, 1.807) is 24.3 Å². The second-order valence-electron chi connectivity index (χ2n) is 7.41. The van der Waals surface area contributed by atoms with Gasteiger partial charge in [-0.05, 0) is 60.7 Å². The number of piperidine rings is 1. The SMILES string of the molecule is CC1(C)CCN(C(=O)c2ccc(C#Cc3ccc(F)c(F)c3)cc2)CC1. The molecule has 1 amide bonds. The Balaban J connectivity index is 1.68. The first kappa shape index (κ1) is 18.1. The second kappa shape index (κ2) is 7.29. The smallest absolute Gasteiger partial charge is 0.253 e. The van der Waals surface area contributed by atoms with E-state index in [0.29, 0.717) is 22.1 Å². The van der Waals surface area contributed by atoms with E-state index in [-0.39, 0.29) is 5.91 Å². The summed E-state index contributed by atoms with van der Waals surface area (Å²) >= 11 is 0. The zero-order chi connectivity index (χ0) is 18.7. The predicted octanol–water partition coefficient (Wildman–Crippen LogP) is 4.63. The highest BCUT2D eigenvalue weighted by Gasteiger charge is 2.28. The van der Waals surface area contributed by atoms with Gasteiger partial charge in [-0.25, -0.2) is 8.78 Å². The lowest BCUT2D eigenvalue weighted by molar-refractivity contribution is 0.0630. The maximum absolute atomic E-state index is 13.2. The fraction of sp³-hybridized carbons (Fsp3) is 0.318. The minimum atomic E-state index is -0.914. The number of rotatable bonds is 1. The molecule has 1 heterocycles. The average Bonchev–Trinajstić information content (AvgIpc) is 2.62. The number of likely N-dealkylation sites (tertiary alicyclic amines) is 1. The van der Waals surface area contributed by atoms with Crippen molar-refractivity contribution < 1.29 is 13.6 Å². The summed E-state index contributed by atoms with van der Waals surface area (Å²) in [5.41, 5.74) is 2.06. The van der Waals surface area contributed by atoms with Gasteiger partial charge in [-0.1, -0.05) is 25.7 Å². The average molecular weight is 353 g/mol. The Morgan fingerprint density at radius 1 is 0.923 bits per heavy atom. The highest BCUT2D eigenvalue weighted by Crippen LogP contribution is 2.30. The molecule has 0 N–H and O–H groups in total. The van der Waals surface area contributed by atoms with Crippen LogP contribution in [-0.2, 0) is 0 Å². The summed E-state index contributed by atoms with van der Waals surface area (Å²) in [5.74, 6) is 3.94. The molecule has 0 aliphatic carbocycles. The number of halogens is 2. The predicted molar refractivity (Wildman–Crippen MR) is 97.7 cm³/mol. The molecular weight excluding hydrogens is 332 g/mol. The fourth-order valence-electron chi connectivity index (χ4n) is 2.91. The van der Waals surface area contributed by atoms with E-state index in [4.69, 9.17) is 0 Å². The Labute approximate surface area is 152 Å². The fourth-order valence-corrected chi connectivity index (χ4v) is 2.91. The molecule has 134 valence electrons. The first-order valence-corrected chi connectivity index (χ1v) is 8.70. The molecule has 0 spiro atoms. The summed E-state index contributed by atoms with van der Waals surface area (Å²) in [6.45, 7) is 6.03. The number of amides is 1. The maximum Gasteiger partial charge on any atom is 0.253 e. The summed E-state index contributed by atoms with van der Waals surface area (Å²) in [7, 11) is 0. The number of benzene rings is 2. The van der Waals surface area contributed by atoms with Crippen LogP contribution in [0.4, 0.5) is 8.78 Å². The van der Waals surface area contributed by atoms with E-state index >= 15 is 0 Å². The van der Waals surface area contributed by atoms with E-state index < -0.39 is 11.6 Å². The Morgan fingerprint density at radius 3 is 2.12 bits per heavy atom. The van der Waals surface area contributed by atoms with Crippen LogP contribution in [0.2, 0.25) is 0 Å². The Hall–Kier alpha value is -2.67. The molecule has 0 bridgehead atoms. The van der Waals surface area contributed by atoms with E-state index in [9.17, 15) is 13.6 Å². The van der Waals surface area contributed by atoms with Crippen molar-refractivity contribution in [3.05, 3.63) is 70.8 Å². The summed E-state index contributed by atoms with van der Waals surface area (Å²) in [6, 6.07) is 10.6.